The smallest absolute Gasteiger partial charge is 0.163 e. The van der Waals surface area contributed by atoms with Crippen molar-refractivity contribution in [2.24, 2.45) is 10.8 Å². The molecule has 1 heterocycles. The maximum Gasteiger partial charge on any atom is 0.163 e. The van der Waals surface area contributed by atoms with Crippen LogP contribution < -0.4 is 5.11 Å². The molecule has 0 saturated carbocycles. The molecule has 2 aliphatic carbocycles. The van der Waals surface area contributed by atoms with Crippen molar-refractivity contribution in [3.05, 3.63) is 58.1 Å². The molecule has 0 saturated heterocycles. The highest BCUT2D eigenvalue weighted by Crippen LogP contribution is 2.53. The summed E-state index contributed by atoms with van der Waals surface area (Å²) in [6.45, 7) is 8.17. The van der Waals surface area contributed by atoms with Crippen molar-refractivity contribution in [3.8, 4) is 0 Å². The van der Waals surface area contributed by atoms with Crippen molar-refractivity contribution in [2.75, 3.05) is 0 Å². The number of aromatic carboxylic acids is 1. The van der Waals surface area contributed by atoms with E-state index in [9.17, 15) is 19.5 Å². The van der Waals surface area contributed by atoms with Gasteiger partial charge < -0.3 is 14.6 Å². The maximum absolute atomic E-state index is 13.1. The van der Waals surface area contributed by atoms with Gasteiger partial charge in [-0.05, 0) is 22.0 Å². The van der Waals surface area contributed by atoms with E-state index in [0.29, 0.717) is 48.3 Å². The van der Waals surface area contributed by atoms with Crippen molar-refractivity contribution < 1.29 is 24.2 Å². The first kappa shape index (κ1) is 19.6. The minimum atomic E-state index is -1.26. The quantitative estimate of drug-likeness (QED) is 0.768. The van der Waals surface area contributed by atoms with E-state index in [1.54, 1.807) is 12.1 Å². The van der Waals surface area contributed by atoms with Crippen LogP contribution >= 0.6 is 0 Å². The Balaban J connectivity index is 1.89. The number of Topliss-reactive ketones (excluding diaryl/α,β-unsaturated/α-hetero) is 2. The fourth-order valence-electron chi connectivity index (χ4n) is 4.82. The summed E-state index contributed by atoms with van der Waals surface area (Å²) >= 11 is 0. The molecule has 0 fully saturated rings. The molecule has 4 rings (SSSR count). The van der Waals surface area contributed by atoms with Crippen LogP contribution in [0.15, 0.2) is 46.9 Å². The number of ketones is 2. The normalized spacial score (nSPS) is 23.4. The van der Waals surface area contributed by atoms with E-state index >= 15 is 0 Å². The zero-order valence-electron chi connectivity index (χ0n) is 17.3. The van der Waals surface area contributed by atoms with Crippen LogP contribution in [0.1, 0.15) is 75.2 Å². The summed E-state index contributed by atoms with van der Waals surface area (Å²) in [6.07, 6.45) is 2.05. The summed E-state index contributed by atoms with van der Waals surface area (Å²) in [6, 6.07) is 6.29. The number of allylic oxidation sites excluding steroid dienone is 4. The summed E-state index contributed by atoms with van der Waals surface area (Å²) in [5, 5.41) is 11.1. The Morgan fingerprint density at radius 1 is 0.862 bits per heavy atom. The Labute approximate surface area is 170 Å². The first-order valence-corrected chi connectivity index (χ1v) is 9.99. The number of carbonyl (C=O) groups excluding carboxylic acids is 3. The van der Waals surface area contributed by atoms with Crippen LogP contribution in [0.4, 0.5) is 0 Å². The van der Waals surface area contributed by atoms with Crippen molar-refractivity contribution in [1.82, 2.24) is 0 Å². The molecule has 5 heteroatoms. The van der Waals surface area contributed by atoms with Gasteiger partial charge in [0.1, 0.15) is 11.5 Å². The predicted molar refractivity (Wildman–Crippen MR) is 105 cm³/mol. The van der Waals surface area contributed by atoms with Crippen LogP contribution in [-0.4, -0.2) is 17.5 Å². The molecule has 1 aromatic carbocycles. The number of hydrogen-bond acceptors (Lipinski definition) is 5. The number of rotatable bonds is 2. The molecule has 3 aliphatic rings. The van der Waals surface area contributed by atoms with Gasteiger partial charge in [-0.3, -0.25) is 9.59 Å². The Morgan fingerprint density at radius 3 is 1.72 bits per heavy atom. The minimum absolute atomic E-state index is 0.00517. The van der Waals surface area contributed by atoms with E-state index in [1.807, 2.05) is 27.7 Å². The highest BCUT2D eigenvalue weighted by atomic mass is 16.5. The SMILES string of the molecule is CC1(C)CC(=O)C2=C(C1)OC1=C(C(=O)CC(C)(C)C1)C2c1ccc(C(=O)[O-])cc1. The van der Waals surface area contributed by atoms with Crippen LogP contribution in [0.2, 0.25) is 0 Å². The lowest BCUT2D eigenvalue weighted by Crippen LogP contribution is -2.37. The largest absolute Gasteiger partial charge is 0.545 e. The van der Waals surface area contributed by atoms with Crippen LogP contribution in [0.5, 0.6) is 0 Å². The molecule has 0 N–H and O–H groups in total. The van der Waals surface area contributed by atoms with E-state index in [2.05, 4.69) is 0 Å². The lowest BCUT2D eigenvalue weighted by Gasteiger charge is -2.42. The first-order chi connectivity index (χ1) is 13.5. The van der Waals surface area contributed by atoms with Crippen molar-refractivity contribution >= 4 is 17.5 Å². The van der Waals surface area contributed by atoms with E-state index < -0.39 is 11.9 Å². The summed E-state index contributed by atoms with van der Waals surface area (Å²) in [5.74, 6) is -0.455. The van der Waals surface area contributed by atoms with Gasteiger partial charge >= 0.3 is 0 Å². The summed E-state index contributed by atoms with van der Waals surface area (Å²) < 4.78 is 6.23. The second-order valence-electron chi connectivity index (χ2n) is 10.0. The van der Waals surface area contributed by atoms with Crippen LogP contribution in [0.3, 0.4) is 0 Å². The first-order valence-electron chi connectivity index (χ1n) is 9.99. The lowest BCUT2D eigenvalue weighted by molar-refractivity contribution is -0.255. The van der Waals surface area contributed by atoms with Crippen molar-refractivity contribution in [1.29, 1.82) is 0 Å². The third-order valence-electron chi connectivity index (χ3n) is 6.06. The number of carboxylic acids is 1. The summed E-state index contributed by atoms with van der Waals surface area (Å²) in [5.41, 5.74) is 1.50. The number of benzene rings is 1. The van der Waals surface area contributed by atoms with Gasteiger partial charge in [-0.1, -0.05) is 52.0 Å². The Morgan fingerprint density at radius 2 is 1.31 bits per heavy atom. The monoisotopic (exact) mass is 393 g/mol. The summed E-state index contributed by atoms with van der Waals surface area (Å²) in [4.78, 5) is 37.4. The third kappa shape index (κ3) is 3.43. The Hall–Kier alpha value is -2.69. The van der Waals surface area contributed by atoms with Gasteiger partial charge in [-0.25, -0.2) is 0 Å². The molecule has 0 unspecified atom stereocenters. The van der Waals surface area contributed by atoms with Crippen molar-refractivity contribution in [3.63, 3.8) is 0 Å². The Bertz CT molecular complexity index is 937. The van der Waals surface area contributed by atoms with Crippen molar-refractivity contribution in [2.45, 2.75) is 59.3 Å². The molecule has 29 heavy (non-hydrogen) atoms. The molecule has 0 spiro atoms. The second kappa shape index (κ2) is 6.41. The van der Waals surface area contributed by atoms with E-state index in [0.717, 1.165) is 5.56 Å². The maximum atomic E-state index is 13.1. The van der Waals surface area contributed by atoms with E-state index in [1.165, 1.54) is 12.1 Å². The molecule has 0 amide bonds. The van der Waals surface area contributed by atoms with Gasteiger partial charge in [0.15, 0.2) is 11.6 Å². The zero-order valence-corrected chi connectivity index (χ0v) is 17.3. The number of carbonyl (C=O) groups is 3. The zero-order chi connectivity index (χ0) is 21.1. The molecule has 152 valence electrons. The van der Waals surface area contributed by atoms with Gasteiger partial charge in [-0.2, -0.15) is 0 Å². The molecule has 0 radical (unpaired) electrons. The fraction of sp³-hybridized carbons (Fsp3) is 0.458. The van der Waals surface area contributed by atoms with Crippen LogP contribution in [-0.2, 0) is 14.3 Å². The number of carboxylic acid groups (broad SMARTS) is 1. The van der Waals surface area contributed by atoms with E-state index in [-0.39, 0.29) is 28.0 Å². The molecular formula is C24H25O5-. The molecule has 0 bridgehead atoms. The topological polar surface area (TPSA) is 83.5 Å². The molecule has 0 aromatic heterocycles. The number of ether oxygens (including phenoxy) is 1. The molecular weight excluding hydrogens is 368 g/mol. The molecule has 0 atom stereocenters. The lowest BCUT2D eigenvalue weighted by atomic mass is 9.65. The second-order valence-corrected chi connectivity index (χ2v) is 10.0. The van der Waals surface area contributed by atoms with E-state index in [4.69, 9.17) is 4.74 Å². The highest BCUT2D eigenvalue weighted by Gasteiger charge is 2.47. The molecule has 1 aromatic rings. The third-order valence-corrected chi connectivity index (χ3v) is 6.06. The molecule has 5 nitrogen and oxygen atoms in total. The summed E-state index contributed by atoms with van der Waals surface area (Å²) in [7, 11) is 0. The van der Waals surface area contributed by atoms with Gasteiger partial charge in [0.05, 0.1) is 5.97 Å². The Kier molecular flexibility index (Phi) is 4.34. The predicted octanol–water partition coefficient (Wildman–Crippen LogP) is 3.45. The fourth-order valence-corrected chi connectivity index (χ4v) is 4.82. The average molecular weight is 393 g/mol. The highest BCUT2D eigenvalue weighted by molar-refractivity contribution is 6.06. The van der Waals surface area contributed by atoms with Crippen LogP contribution in [0.25, 0.3) is 0 Å². The standard InChI is InChI=1S/C24H26O5/c1-23(2)9-15(25)20-17(11-23)29-18-12-24(3,4)10-16(26)21(18)19(20)13-5-7-14(8-6-13)22(27)28/h5-8,19H,9-12H2,1-4H3,(H,27,28)/p-1. The van der Waals surface area contributed by atoms with Gasteiger partial charge in [-0.15, -0.1) is 0 Å². The number of hydrogen-bond donors (Lipinski definition) is 0. The van der Waals surface area contributed by atoms with Gasteiger partial charge in [0.2, 0.25) is 0 Å². The minimum Gasteiger partial charge on any atom is -0.545 e. The van der Waals surface area contributed by atoms with Gasteiger partial charge in [0.25, 0.3) is 0 Å². The molecule has 1 aliphatic heterocycles. The average Bonchev–Trinajstić information content (AvgIpc) is 2.57. The van der Waals surface area contributed by atoms with Gasteiger partial charge in [0, 0.05) is 42.7 Å². The van der Waals surface area contributed by atoms with Crippen LogP contribution in [0, 0.1) is 10.8 Å².